The topological polar surface area (TPSA) is 33.0 Å². The summed E-state index contributed by atoms with van der Waals surface area (Å²) in [6, 6.07) is 6.68. The molecule has 0 saturated heterocycles. The number of nitrogens with zero attached hydrogens (tertiary/aromatic N) is 1. The molecule has 1 unspecified atom stereocenters. The van der Waals surface area contributed by atoms with E-state index < -0.39 is 11.9 Å². The van der Waals surface area contributed by atoms with Crippen LogP contribution in [-0.4, -0.2) is 6.10 Å². The molecule has 0 amide bonds. The summed E-state index contributed by atoms with van der Waals surface area (Å²) in [6.45, 7) is 1.82. The molecule has 15 heavy (non-hydrogen) atoms. The van der Waals surface area contributed by atoms with Gasteiger partial charge in [0.25, 0.3) is 0 Å². The first-order chi connectivity index (χ1) is 7.22. The molecule has 1 aromatic carbocycles. The first kappa shape index (κ1) is 12.0. The van der Waals surface area contributed by atoms with Crippen LogP contribution in [0.4, 0.5) is 4.39 Å². The lowest BCUT2D eigenvalue weighted by Crippen LogP contribution is -2.14. The van der Waals surface area contributed by atoms with E-state index in [1.165, 1.54) is 6.07 Å². The van der Waals surface area contributed by atoms with Gasteiger partial charge in [0, 0.05) is 10.9 Å². The van der Waals surface area contributed by atoms with Gasteiger partial charge in [0.1, 0.15) is 6.07 Å². The molecule has 0 bridgehead atoms. The lowest BCUT2D eigenvalue weighted by atomic mass is 10.2. The quantitative estimate of drug-likeness (QED) is 0.787. The van der Waals surface area contributed by atoms with Crippen molar-refractivity contribution in [3.63, 3.8) is 0 Å². The molecule has 0 radical (unpaired) electrons. The zero-order chi connectivity index (χ0) is 11.3. The SMILES string of the molecule is CCC(C#N)Oc1c(F)cccc1CBr. The minimum Gasteiger partial charge on any atom is -0.472 e. The van der Waals surface area contributed by atoms with Crippen molar-refractivity contribution in [2.24, 2.45) is 0 Å². The Bertz CT molecular complexity index is 375. The standard InChI is InChI=1S/C11H11BrFNO/c1-2-9(7-14)15-11-8(6-12)4-3-5-10(11)13/h3-5,9H,2,6H2,1H3. The summed E-state index contributed by atoms with van der Waals surface area (Å²) < 4.78 is 18.7. The van der Waals surface area contributed by atoms with Crippen molar-refractivity contribution >= 4 is 15.9 Å². The third kappa shape index (κ3) is 2.93. The monoisotopic (exact) mass is 271 g/mol. The van der Waals surface area contributed by atoms with Crippen LogP contribution in [0.3, 0.4) is 0 Å². The van der Waals surface area contributed by atoms with E-state index in [2.05, 4.69) is 15.9 Å². The summed E-state index contributed by atoms with van der Waals surface area (Å²) in [5.41, 5.74) is 0.712. The van der Waals surface area contributed by atoms with Crippen molar-refractivity contribution < 1.29 is 9.13 Å². The van der Waals surface area contributed by atoms with Crippen LogP contribution in [0.1, 0.15) is 18.9 Å². The Kier molecular flexibility index (Phi) is 4.57. The molecule has 0 heterocycles. The molecule has 1 atom stereocenters. The van der Waals surface area contributed by atoms with E-state index in [9.17, 15) is 4.39 Å². The van der Waals surface area contributed by atoms with E-state index in [0.717, 1.165) is 0 Å². The van der Waals surface area contributed by atoms with Crippen molar-refractivity contribution in [3.05, 3.63) is 29.6 Å². The average Bonchev–Trinajstić information content (AvgIpc) is 2.27. The van der Waals surface area contributed by atoms with Crippen molar-refractivity contribution in [2.45, 2.75) is 24.8 Å². The predicted molar refractivity (Wildman–Crippen MR) is 59.4 cm³/mol. The van der Waals surface area contributed by atoms with Crippen LogP contribution in [0.15, 0.2) is 18.2 Å². The molecule has 0 spiro atoms. The lowest BCUT2D eigenvalue weighted by molar-refractivity contribution is 0.238. The number of alkyl halides is 1. The normalized spacial score (nSPS) is 11.9. The average molecular weight is 272 g/mol. The Morgan fingerprint density at radius 1 is 1.60 bits per heavy atom. The fourth-order valence-corrected chi connectivity index (χ4v) is 1.58. The van der Waals surface area contributed by atoms with E-state index >= 15 is 0 Å². The Balaban J connectivity index is 2.97. The predicted octanol–water partition coefficient (Wildman–Crippen LogP) is 3.40. The summed E-state index contributed by atoms with van der Waals surface area (Å²) >= 11 is 3.25. The molecule has 0 N–H and O–H groups in total. The highest BCUT2D eigenvalue weighted by Crippen LogP contribution is 2.26. The van der Waals surface area contributed by atoms with Gasteiger partial charge in [-0.1, -0.05) is 35.0 Å². The molecule has 0 aromatic heterocycles. The van der Waals surface area contributed by atoms with Gasteiger partial charge in [-0.2, -0.15) is 5.26 Å². The fourth-order valence-electron chi connectivity index (χ4n) is 1.13. The van der Waals surface area contributed by atoms with Gasteiger partial charge in [0.15, 0.2) is 17.7 Å². The summed E-state index contributed by atoms with van der Waals surface area (Å²) in [7, 11) is 0. The maximum atomic E-state index is 13.4. The summed E-state index contributed by atoms with van der Waals surface area (Å²) in [5, 5.41) is 9.23. The molecule has 2 nitrogen and oxygen atoms in total. The lowest BCUT2D eigenvalue weighted by Gasteiger charge is -2.13. The van der Waals surface area contributed by atoms with Gasteiger partial charge in [0.05, 0.1) is 0 Å². The third-order valence-electron chi connectivity index (χ3n) is 1.97. The van der Waals surface area contributed by atoms with Gasteiger partial charge >= 0.3 is 0 Å². The number of para-hydroxylation sites is 1. The number of benzene rings is 1. The minimum atomic E-state index is -0.597. The number of hydrogen-bond acceptors (Lipinski definition) is 2. The van der Waals surface area contributed by atoms with Gasteiger partial charge in [0.2, 0.25) is 0 Å². The van der Waals surface area contributed by atoms with E-state index in [4.69, 9.17) is 10.00 Å². The Labute approximate surface area is 96.8 Å². The Morgan fingerprint density at radius 3 is 2.87 bits per heavy atom. The summed E-state index contributed by atoms with van der Waals surface area (Å²) in [4.78, 5) is 0. The van der Waals surface area contributed by atoms with Crippen LogP contribution in [0, 0.1) is 17.1 Å². The van der Waals surface area contributed by atoms with E-state index in [1.54, 1.807) is 12.1 Å². The van der Waals surface area contributed by atoms with Gasteiger partial charge in [-0.05, 0) is 12.5 Å². The second-order valence-electron chi connectivity index (χ2n) is 3.01. The molecular weight excluding hydrogens is 261 g/mol. The van der Waals surface area contributed by atoms with Gasteiger partial charge in [-0.3, -0.25) is 0 Å². The molecule has 80 valence electrons. The van der Waals surface area contributed by atoms with Crippen LogP contribution < -0.4 is 4.74 Å². The first-order valence-corrected chi connectivity index (χ1v) is 5.74. The van der Waals surface area contributed by atoms with Crippen molar-refractivity contribution in [3.8, 4) is 11.8 Å². The largest absolute Gasteiger partial charge is 0.472 e. The molecule has 1 rings (SSSR count). The van der Waals surface area contributed by atoms with Crippen LogP contribution in [-0.2, 0) is 5.33 Å². The maximum Gasteiger partial charge on any atom is 0.184 e. The van der Waals surface area contributed by atoms with Gasteiger partial charge in [-0.25, -0.2) is 4.39 Å². The van der Waals surface area contributed by atoms with E-state index in [0.29, 0.717) is 17.3 Å². The Hall–Kier alpha value is -1.08. The zero-order valence-electron chi connectivity index (χ0n) is 8.34. The number of nitriles is 1. The van der Waals surface area contributed by atoms with Crippen molar-refractivity contribution in [1.29, 1.82) is 5.26 Å². The summed E-state index contributed by atoms with van der Waals surface area (Å²) in [6.07, 6.45) is -0.0632. The molecule has 0 aliphatic rings. The first-order valence-electron chi connectivity index (χ1n) is 4.62. The van der Waals surface area contributed by atoms with Gasteiger partial charge in [-0.15, -0.1) is 0 Å². The highest BCUT2D eigenvalue weighted by atomic mass is 79.9. The zero-order valence-corrected chi connectivity index (χ0v) is 9.92. The smallest absolute Gasteiger partial charge is 0.184 e. The molecule has 0 aliphatic carbocycles. The second kappa shape index (κ2) is 5.72. The number of halogens is 2. The molecule has 1 aromatic rings. The fraction of sp³-hybridized carbons (Fsp3) is 0.364. The number of rotatable bonds is 4. The highest BCUT2D eigenvalue weighted by molar-refractivity contribution is 9.08. The van der Waals surface area contributed by atoms with Crippen molar-refractivity contribution in [2.75, 3.05) is 0 Å². The summed E-state index contributed by atoms with van der Waals surface area (Å²) in [5.74, 6) is -0.261. The third-order valence-corrected chi connectivity index (χ3v) is 2.57. The van der Waals surface area contributed by atoms with Gasteiger partial charge < -0.3 is 4.74 Å². The van der Waals surface area contributed by atoms with Crippen LogP contribution >= 0.6 is 15.9 Å². The number of hydrogen-bond donors (Lipinski definition) is 0. The Morgan fingerprint density at radius 2 is 2.33 bits per heavy atom. The second-order valence-corrected chi connectivity index (χ2v) is 3.57. The van der Waals surface area contributed by atoms with Crippen LogP contribution in [0.5, 0.6) is 5.75 Å². The molecule has 4 heteroatoms. The number of ether oxygens (including phenoxy) is 1. The van der Waals surface area contributed by atoms with Crippen LogP contribution in [0.2, 0.25) is 0 Å². The van der Waals surface area contributed by atoms with E-state index in [1.807, 2.05) is 13.0 Å². The molecule has 0 fully saturated rings. The molecule has 0 aliphatic heterocycles. The highest BCUT2D eigenvalue weighted by Gasteiger charge is 2.13. The van der Waals surface area contributed by atoms with E-state index in [-0.39, 0.29) is 5.75 Å². The minimum absolute atomic E-state index is 0.169. The molecular formula is C11H11BrFNO. The van der Waals surface area contributed by atoms with Crippen molar-refractivity contribution in [1.82, 2.24) is 0 Å². The maximum absolute atomic E-state index is 13.4. The van der Waals surface area contributed by atoms with Crippen LogP contribution in [0.25, 0.3) is 0 Å². The molecule has 0 saturated carbocycles.